The summed E-state index contributed by atoms with van der Waals surface area (Å²) in [5.74, 6) is 0.901. The van der Waals surface area contributed by atoms with Crippen molar-refractivity contribution in [3.63, 3.8) is 0 Å². The minimum Gasteiger partial charge on any atom is -0.489 e. The molecule has 1 unspecified atom stereocenters. The summed E-state index contributed by atoms with van der Waals surface area (Å²) in [6.45, 7) is 10.1. The molecule has 1 aromatic rings. The molecule has 1 N–H and O–H groups in total. The quantitative estimate of drug-likeness (QED) is 0.781. The average molecular weight is 265 g/mol. The van der Waals surface area contributed by atoms with Gasteiger partial charge in [0.05, 0.1) is 6.61 Å². The first-order valence-corrected chi connectivity index (χ1v) is 6.96. The summed E-state index contributed by atoms with van der Waals surface area (Å²) >= 11 is 0. The lowest BCUT2D eigenvalue weighted by atomic mass is 10.0. The molecule has 0 aliphatic carbocycles. The summed E-state index contributed by atoms with van der Waals surface area (Å²) in [7, 11) is 1.70. The number of benzene rings is 1. The van der Waals surface area contributed by atoms with E-state index >= 15 is 0 Å². The van der Waals surface area contributed by atoms with Crippen LogP contribution in [0, 0.1) is 0 Å². The minimum atomic E-state index is 0.142. The lowest BCUT2D eigenvalue weighted by Crippen LogP contribution is -2.43. The van der Waals surface area contributed by atoms with E-state index in [-0.39, 0.29) is 11.6 Å². The van der Waals surface area contributed by atoms with Crippen molar-refractivity contribution in [1.82, 2.24) is 5.32 Å². The maximum atomic E-state index is 5.92. The van der Waals surface area contributed by atoms with Crippen molar-refractivity contribution in [3.05, 3.63) is 29.8 Å². The SMILES string of the molecule is CCC(C)(C)NCC(C)Oc1cccc(COC)c1. The molecule has 1 atom stereocenters. The predicted octanol–water partition coefficient (Wildman–Crippen LogP) is 3.38. The Morgan fingerprint density at radius 1 is 1.32 bits per heavy atom. The summed E-state index contributed by atoms with van der Waals surface area (Å²) in [6.07, 6.45) is 1.24. The van der Waals surface area contributed by atoms with Gasteiger partial charge in [0.2, 0.25) is 0 Å². The van der Waals surface area contributed by atoms with E-state index < -0.39 is 0 Å². The first-order valence-electron chi connectivity index (χ1n) is 6.96. The Labute approximate surface area is 117 Å². The number of hydrogen-bond donors (Lipinski definition) is 1. The minimum absolute atomic E-state index is 0.142. The number of nitrogens with one attached hydrogen (secondary N) is 1. The summed E-state index contributed by atoms with van der Waals surface area (Å²) in [5, 5.41) is 3.52. The Balaban J connectivity index is 2.47. The fourth-order valence-corrected chi connectivity index (χ4v) is 1.69. The first-order chi connectivity index (χ1) is 8.96. The van der Waals surface area contributed by atoms with E-state index in [1.165, 1.54) is 0 Å². The van der Waals surface area contributed by atoms with Crippen molar-refractivity contribution < 1.29 is 9.47 Å². The van der Waals surface area contributed by atoms with E-state index in [1.54, 1.807) is 7.11 Å². The highest BCUT2D eigenvalue weighted by Crippen LogP contribution is 2.16. The van der Waals surface area contributed by atoms with Gasteiger partial charge in [0.15, 0.2) is 0 Å². The lowest BCUT2D eigenvalue weighted by molar-refractivity contribution is 0.182. The van der Waals surface area contributed by atoms with Gasteiger partial charge in [-0.25, -0.2) is 0 Å². The van der Waals surface area contributed by atoms with Gasteiger partial charge in [-0.15, -0.1) is 0 Å². The molecular weight excluding hydrogens is 238 g/mol. The Hall–Kier alpha value is -1.06. The van der Waals surface area contributed by atoms with E-state index in [9.17, 15) is 0 Å². The summed E-state index contributed by atoms with van der Waals surface area (Å²) in [6, 6.07) is 8.06. The summed E-state index contributed by atoms with van der Waals surface area (Å²) in [5.41, 5.74) is 1.30. The van der Waals surface area contributed by atoms with Crippen molar-refractivity contribution in [3.8, 4) is 5.75 Å². The monoisotopic (exact) mass is 265 g/mol. The Kier molecular flexibility index (Phi) is 6.32. The molecule has 0 fully saturated rings. The molecule has 19 heavy (non-hydrogen) atoms. The fourth-order valence-electron chi connectivity index (χ4n) is 1.69. The highest BCUT2D eigenvalue weighted by Gasteiger charge is 2.15. The molecule has 0 saturated heterocycles. The van der Waals surface area contributed by atoms with Crippen LogP contribution in [0.1, 0.15) is 39.7 Å². The van der Waals surface area contributed by atoms with Crippen LogP contribution in [0.3, 0.4) is 0 Å². The van der Waals surface area contributed by atoms with Gasteiger partial charge in [-0.05, 0) is 44.9 Å². The second-order valence-electron chi connectivity index (χ2n) is 5.63. The van der Waals surface area contributed by atoms with Crippen LogP contribution in [0.15, 0.2) is 24.3 Å². The van der Waals surface area contributed by atoms with Crippen LogP contribution >= 0.6 is 0 Å². The van der Waals surface area contributed by atoms with Gasteiger partial charge in [0.1, 0.15) is 11.9 Å². The molecule has 0 amide bonds. The van der Waals surface area contributed by atoms with Gasteiger partial charge < -0.3 is 14.8 Å². The van der Waals surface area contributed by atoms with E-state index in [4.69, 9.17) is 9.47 Å². The van der Waals surface area contributed by atoms with Gasteiger partial charge in [0.25, 0.3) is 0 Å². The Morgan fingerprint density at radius 2 is 2.05 bits per heavy atom. The van der Waals surface area contributed by atoms with Crippen molar-refractivity contribution in [2.45, 2.75) is 52.4 Å². The molecule has 0 spiro atoms. The molecule has 0 heterocycles. The second kappa shape index (κ2) is 7.51. The van der Waals surface area contributed by atoms with Crippen molar-refractivity contribution >= 4 is 0 Å². The second-order valence-corrected chi connectivity index (χ2v) is 5.63. The van der Waals surface area contributed by atoms with Crippen LogP contribution in [-0.4, -0.2) is 25.3 Å². The molecular formula is C16H27NO2. The van der Waals surface area contributed by atoms with Crippen LogP contribution in [0.25, 0.3) is 0 Å². The fraction of sp³-hybridized carbons (Fsp3) is 0.625. The largest absolute Gasteiger partial charge is 0.489 e. The zero-order chi connectivity index (χ0) is 14.3. The van der Waals surface area contributed by atoms with Gasteiger partial charge >= 0.3 is 0 Å². The van der Waals surface area contributed by atoms with E-state index in [2.05, 4.69) is 33.0 Å². The molecule has 0 bridgehead atoms. The van der Waals surface area contributed by atoms with Gasteiger partial charge in [-0.3, -0.25) is 0 Å². The maximum Gasteiger partial charge on any atom is 0.120 e. The van der Waals surface area contributed by atoms with Crippen LogP contribution < -0.4 is 10.1 Å². The summed E-state index contributed by atoms with van der Waals surface area (Å²) in [4.78, 5) is 0. The predicted molar refractivity (Wildman–Crippen MR) is 79.6 cm³/mol. The maximum absolute atomic E-state index is 5.92. The number of rotatable bonds is 8. The molecule has 0 aromatic heterocycles. The van der Waals surface area contributed by atoms with Crippen LogP contribution in [-0.2, 0) is 11.3 Å². The highest BCUT2D eigenvalue weighted by molar-refractivity contribution is 5.28. The van der Waals surface area contributed by atoms with Crippen LogP contribution in [0.2, 0.25) is 0 Å². The first kappa shape index (κ1) is 16.0. The zero-order valence-corrected chi connectivity index (χ0v) is 12.8. The average Bonchev–Trinajstić information content (AvgIpc) is 2.37. The standard InChI is InChI=1S/C16H27NO2/c1-6-16(3,4)17-11-13(2)19-15-9-7-8-14(10-15)12-18-5/h7-10,13,17H,6,11-12H2,1-5H3. The van der Waals surface area contributed by atoms with Crippen LogP contribution in [0.4, 0.5) is 0 Å². The smallest absolute Gasteiger partial charge is 0.120 e. The Morgan fingerprint density at radius 3 is 2.68 bits per heavy atom. The highest BCUT2D eigenvalue weighted by atomic mass is 16.5. The van der Waals surface area contributed by atoms with Gasteiger partial charge in [-0.2, -0.15) is 0 Å². The van der Waals surface area contributed by atoms with E-state index in [0.29, 0.717) is 6.61 Å². The summed E-state index contributed by atoms with van der Waals surface area (Å²) < 4.78 is 11.0. The topological polar surface area (TPSA) is 30.5 Å². The molecule has 0 aliphatic heterocycles. The van der Waals surface area contributed by atoms with Gasteiger partial charge in [0, 0.05) is 19.2 Å². The van der Waals surface area contributed by atoms with Crippen LogP contribution in [0.5, 0.6) is 5.75 Å². The number of ether oxygens (including phenoxy) is 2. The third-order valence-corrected chi connectivity index (χ3v) is 3.30. The molecule has 0 radical (unpaired) electrons. The van der Waals surface area contributed by atoms with Crippen molar-refractivity contribution in [1.29, 1.82) is 0 Å². The normalized spacial score (nSPS) is 13.3. The van der Waals surface area contributed by atoms with E-state index in [0.717, 1.165) is 24.3 Å². The van der Waals surface area contributed by atoms with E-state index in [1.807, 2.05) is 24.3 Å². The third-order valence-electron chi connectivity index (χ3n) is 3.30. The molecule has 1 aromatic carbocycles. The van der Waals surface area contributed by atoms with Crippen molar-refractivity contribution in [2.75, 3.05) is 13.7 Å². The molecule has 3 heteroatoms. The molecule has 3 nitrogen and oxygen atoms in total. The third kappa shape index (κ3) is 6.08. The lowest BCUT2D eigenvalue weighted by Gasteiger charge is -2.27. The number of hydrogen-bond acceptors (Lipinski definition) is 3. The Bertz CT molecular complexity index is 377. The molecule has 0 aliphatic rings. The molecule has 1 rings (SSSR count). The zero-order valence-electron chi connectivity index (χ0n) is 12.8. The molecule has 108 valence electrons. The molecule has 0 saturated carbocycles. The van der Waals surface area contributed by atoms with Gasteiger partial charge in [-0.1, -0.05) is 19.1 Å². The van der Waals surface area contributed by atoms with Crippen molar-refractivity contribution in [2.24, 2.45) is 0 Å². The number of methoxy groups -OCH3 is 1.